The molecule has 0 saturated heterocycles. The molecule has 1 amide bonds. The quantitative estimate of drug-likeness (QED) is 0.722. The van der Waals surface area contributed by atoms with Crippen LogP contribution in [0, 0.1) is 0 Å². The fourth-order valence-electron chi connectivity index (χ4n) is 1.23. The lowest BCUT2D eigenvalue weighted by molar-refractivity contribution is -0.119. The molecule has 3 N–H and O–H groups in total. The van der Waals surface area contributed by atoms with Crippen LogP contribution < -0.4 is 11.1 Å². The van der Waals surface area contributed by atoms with E-state index in [1.807, 2.05) is 30.3 Å². The Balaban J connectivity index is 2.64. The van der Waals surface area contributed by atoms with Crippen molar-refractivity contribution in [2.75, 3.05) is 0 Å². The van der Waals surface area contributed by atoms with Gasteiger partial charge in [-0.25, -0.2) is 0 Å². The SMILES string of the molecule is C=CNC(Cc1ccccc1)C(N)=O. The lowest BCUT2D eigenvalue weighted by atomic mass is 10.1. The highest BCUT2D eigenvalue weighted by Crippen LogP contribution is 2.02. The van der Waals surface area contributed by atoms with E-state index >= 15 is 0 Å². The Bertz CT molecular complexity index is 308. The summed E-state index contributed by atoms with van der Waals surface area (Å²) in [5, 5.41) is 2.82. The molecule has 0 aromatic heterocycles. The van der Waals surface area contributed by atoms with Crippen molar-refractivity contribution in [2.45, 2.75) is 12.5 Å². The molecular formula is C11H14N2O. The number of amides is 1. The summed E-state index contributed by atoms with van der Waals surface area (Å²) >= 11 is 0. The molecule has 14 heavy (non-hydrogen) atoms. The second kappa shape index (κ2) is 5.07. The Morgan fingerprint density at radius 3 is 2.64 bits per heavy atom. The highest BCUT2D eigenvalue weighted by Gasteiger charge is 2.12. The van der Waals surface area contributed by atoms with Crippen LogP contribution in [0.15, 0.2) is 43.1 Å². The van der Waals surface area contributed by atoms with Gasteiger partial charge in [0.15, 0.2) is 0 Å². The van der Waals surface area contributed by atoms with Crippen LogP contribution in [-0.4, -0.2) is 11.9 Å². The number of primary amides is 1. The third kappa shape index (κ3) is 2.94. The number of hydrogen-bond donors (Lipinski definition) is 2. The summed E-state index contributed by atoms with van der Waals surface area (Å²) in [4.78, 5) is 11.0. The topological polar surface area (TPSA) is 55.1 Å². The van der Waals surface area contributed by atoms with Crippen molar-refractivity contribution in [2.24, 2.45) is 5.73 Å². The van der Waals surface area contributed by atoms with Gasteiger partial charge in [0.05, 0.1) is 0 Å². The molecule has 0 bridgehead atoms. The summed E-state index contributed by atoms with van der Waals surface area (Å²) < 4.78 is 0. The molecule has 0 aliphatic heterocycles. The van der Waals surface area contributed by atoms with Gasteiger partial charge in [-0.1, -0.05) is 36.9 Å². The van der Waals surface area contributed by atoms with Gasteiger partial charge in [-0.05, 0) is 11.8 Å². The number of carbonyl (C=O) groups is 1. The van der Waals surface area contributed by atoms with E-state index in [9.17, 15) is 4.79 Å². The summed E-state index contributed by atoms with van der Waals surface area (Å²) in [7, 11) is 0. The Labute approximate surface area is 83.6 Å². The zero-order valence-corrected chi connectivity index (χ0v) is 7.94. The van der Waals surface area contributed by atoms with Crippen molar-refractivity contribution in [3.63, 3.8) is 0 Å². The number of rotatable bonds is 5. The van der Waals surface area contributed by atoms with Crippen molar-refractivity contribution in [1.82, 2.24) is 5.32 Å². The van der Waals surface area contributed by atoms with E-state index in [1.54, 1.807) is 0 Å². The van der Waals surface area contributed by atoms with Gasteiger partial charge < -0.3 is 11.1 Å². The number of benzene rings is 1. The molecule has 0 radical (unpaired) electrons. The fourth-order valence-corrected chi connectivity index (χ4v) is 1.23. The smallest absolute Gasteiger partial charge is 0.240 e. The zero-order valence-electron chi connectivity index (χ0n) is 7.94. The average Bonchev–Trinajstić information content (AvgIpc) is 2.18. The Morgan fingerprint density at radius 2 is 2.14 bits per heavy atom. The second-order valence-electron chi connectivity index (χ2n) is 3.02. The average molecular weight is 190 g/mol. The Kier molecular flexibility index (Phi) is 3.73. The predicted octanol–water partition coefficient (Wildman–Crippen LogP) is 0.816. The first kappa shape index (κ1) is 10.3. The van der Waals surface area contributed by atoms with Crippen molar-refractivity contribution in [3.8, 4) is 0 Å². The van der Waals surface area contributed by atoms with E-state index in [-0.39, 0.29) is 11.9 Å². The number of carbonyl (C=O) groups excluding carboxylic acids is 1. The monoisotopic (exact) mass is 190 g/mol. The largest absolute Gasteiger partial charge is 0.380 e. The second-order valence-corrected chi connectivity index (χ2v) is 3.02. The van der Waals surface area contributed by atoms with Gasteiger partial charge in [-0.2, -0.15) is 0 Å². The maximum atomic E-state index is 11.0. The van der Waals surface area contributed by atoms with Gasteiger partial charge in [0.2, 0.25) is 5.91 Å². The molecule has 74 valence electrons. The van der Waals surface area contributed by atoms with Gasteiger partial charge in [0.25, 0.3) is 0 Å². The third-order valence-corrected chi connectivity index (χ3v) is 1.95. The van der Waals surface area contributed by atoms with Gasteiger partial charge in [0.1, 0.15) is 6.04 Å². The lowest BCUT2D eigenvalue weighted by Gasteiger charge is -2.12. The van der Waals surface area contributed by atoms with Gasteiger partial charge >= 0.3 is 0 Å². The Morgan fingerprint density at radius 1 is 1.50 bits per heavy atom. The molecule has 1 unspecified atom stereocenters. The van der Waals surface area contributed by atoms with E-state index in [0.29, 0.717) is 6.42 Å². The molecule has 1 aromatic rings. The van der Waals surface area contributed by atoms with Crippen LogP contribution in [0.2, 0.25) is 0 Å². The van der Waals surface area contributed by atoms with E-state index < -0.39 is 0 Å². The number of nitrogens with two attached hydrogens (primary N) is 1. The van der Waals surface area contributed by atoms with Crippen LogP contribution in [0.25, 0.3) is 0 Å². The predicted molar refractivity (Wildman–Crippen MR) is 56.5 cm³/mol. The first-order valence-electron chi connectivity index (χ1n) is 4.44. The van der Waals surface area contributed by atoms with Crippen molar-refractivity contribution in [1.29, 1.82) is 0 Å². The minimum Gasteiger partial charge on any atom is -0.380 e. The molecule has 0 fully saturated rings. The molecule has 0 spiro atoms. The van der Waals surface area contributed by atoms with Crippen LogP contribution in [-0.2, 0) is 11.2 Å². The van der Waals surface area contributed by atoms with Gasteiger partial charge in [-0.15, -0.1) is 0 Å². The van der Waals surface area contributed by atoms with Crippen LogP contribution in [0.4, 0.5) is 0 Å². The lowest BCUT2D eigenvalue weighted by Crippen LogP contribution is -2.40. The first-order chi connectivity index (χ1) is 6.74. The molecule has 0 heterocycles. The standard InChI is InChI=1S/C11H14N2O/c1-2-13-10(11(12)14)8-9-6-4-3-5-7-9/h2-7,10,13H,1,8H2,(H2,12,14). The molecule has 0 aliphatic carbocycles. The highest BCUT2D eigenvalue weighted by molar-refractivity contribution is 5.80. The number of nitrogens with one attached hydrogen (secondary N) is 1. The van der Waals surface area contributed by atoms with Crippen LogP contribution in [0.5, 0.6) is 0 Å². The van der Waals surface area contributed by atoms with E-state index in [2.05, 4.69) is 11.9 Å². The maximum Gasteiger partial charge on any atom is 0.240 e. The molecule has 1 rings (SSSR count). The van der Waals surface area contributed by atoms with Gasteiger partial charge in [0, 0.05) is 6.42 Å². The Hall–Kier alpha value is -1.77. The molecule has 1 atom stereocenters. The number of hydrogen-bond acceptors (Lipinski definition) is 2. The molecule has 1 aromatic carbocycles. The first-order valence-corrected chi connectivity index (χ1v) is 4.44. The highest BCUT2D eigenvalue weighted by atomic mass is 16.1. The van der Waals surface area contributed by atoms with Crippen LogP contribution >= 0.6 is 0 Å². The minimum absolute atomic E-state index is 0.367. The van der Waals surface area contributed by atoms with Crippen LogP contribution in [0.1, 0.15) is 5.56 Å². The van der Waals surface area contributed by atoms with E-state index in [0.717, 1.165) is 5.56 Å². The van der Waals surface area contributed by atoms with Crippen molar-refractivity contribution < 1.29 is 4.79 Å². The molecule has 3 nitrogen and oxygen atoms in total. The fraction of sp³-hybridized carbons (Fsp3) is 0.182. The van der Waals surface area contributed by atoms with E-state index in [4.69, 9.17) is 5.73 Å². The maximum absolute atomic E-state index is 11.0. The molecule has 0 saturated carbocycles. The summed E-state index contributed by atoms with van der Waals surface area (Å²) in [6, 6.07) is 9.34. The van der Waals surface area contributed by atoms with Crippen molar-refractivity contribution in [3.05, 3.63) is 48.7 Å². The summed E-state index contributed by atoms with van der Waals surface area (Å²) in [5.74, 6) is -0.367. The molecular weight excluding hydrogens is 176 g/mol. The summed E-state index contributed by atoms with van der Waals surface area (Å²) in [6.45, 7) is 3.51. The summed E-state index contributed by atoms with van der Waals surface area (Å²) in [6.07, 6.45) is 2.07. The normalized spacial score (nSPS) is 11.7. The molecule has 3 heteroatoms. The third-order valence-electron chi connectivity index (χ3n) is 1.95. The minimum atomic E-state index is -0.380. The van der Waals surface area contributed by atoms with Crippen LogP contribution in [0.3, 0.4) is 0 Å². The van der Waals surface area contributed by atoms with Crippen molar-refractivity contribution >= 4 is 5.91 Å². The molecule has 0 aliphatic rings. The van der Waals surface area contributed by atoms with Gasteiger partial charge in [-0.3, -0.25) is 4.79 Å². The zero-order chi connectivity index (χ0) is 10.4. The van der Waals surface area contributed by atoms with E-state index in [1.165, 1.54) is 6.20 Å². The summed E-state index contributed by atoms with van der Waals surface area (Å²) in [5.41, 5.74) is 6.30.